The molecule has 0 aromatic heterocycles. The molecule has 1 rings (SSSR count). The van der Waals surface area contributed by atoms with E-state index in [1.54, 1.807) is 0 Å². The van der Waals surface area contributed by atoms with Crippen LogP contribution < -0.4 is 5.73 Å². The standard InChI is InChI=1S/C13H28N2O/c1-3-4-13(14)5-8-15(2)11-12-6-9-16-10-7-12/h12-13H,3-11,14H2,1-2H3. The van der Waals surface area contributed by atoms with Gasteiger partial charge in [-0.3, -0.25) is 0 Å². The minimum absolute atomic E-state index is 0.391. The monoisotopic (exact) mass is 228 g/mol. The van der Waals surface area contributed by atoms with Crippen LogP contribution in [0.1, 0.15) is 39.0 Å². The third kappa shape index (κ3) is 5.83. The summed E-state index contributed by atoms with van der Waals surface area (Å²) in [5.41, 5.74) is 6.02. The Morgan fingerprint density at radius 3 is 2.62 bits per heavy atom. The first kappa shape index (κ1) is 13.9. The second-order valence-electron chi connectivity index (χ2n) is 5.16. The zero-order valence-corrected chi connectivity index (χ0v) is 11.0. The molecule has 0 aromatic carbocycles. The SMILES string of the molecule is CCCC(N)CCN(C)CC1CCOCC1. The summed E-state index contributed by atoms with van der Waals surface area (Å²) < 4.78 is 5.37. The Balaban J connectivity index is 2.07. The maximum atomic E-state index is 6.02. The minimum Gasteiger partial charge on any atom is -0.381 e. The van der Waals surface area contributed by atoms with E-state index in [0.717, 1.165) is 38.5 Å². The highest BCUT2D eigenvalue weighted by molar-refractivity contribution is 4.69. The van der Waals surface area contributed by atoms with Gasteiger partial charge in [0, 0.05) is 25.8 Å². The Hall–Kier alpha value is -0.120. The Morgan fingerprint density at radius 2 is 2.00 bits per heavy atom. The van der Waals surface area contributed by atoms with Crippen LogP contribution in [-0.2, 0) is 4.74 Å². The number of hydrogen-bond donors (Lipinski definition) is 1. The van der Waals surface area contributed by atoms with Crippen molar-refractivity contribution in [1.82, 2.24) is 4.90 Å². The molecular formula is C13H28N2O. The van der Waals surface area contributed by atoms with E-state index < -0.39 is 0 Å². The van der Waals surface area contributed by atoms with Gasteiger partial charge < -0.3 is 15.4 Å². The highest BCUT2D eigenvalue weighted by Gasteiger charge is 2.15. The first-order chi connectivity index (χ1) is 7.72. The number of nitrogens with two attached hydrogens (primary N) is 1. The Labute approximate surface area is 100 Å². The summed E-state index contributed by atoms with van der Waals surface area (Å²) >= 11 is 0. The van der Waals surface area contributed by atoms with Crippen molar-refractivity contribution < 1.29 is 4.74 Å². The zero-order chi connectivity index (χ0) is 11.8. The molecule has 0 aliphatic carbocycles. The predicted molar refractivity (Wildman–Crippen MR) is 68.5 cm³/mol. The Kier molecular flexibility index (Phi) is 7.01. The van der Waals surface area contributed by atoms with Crippen LogP contribution in [0, 0.1) is 5.92 Å². The molecule has 16 heavy (non-hydrogen) atoms. The fourth-order valence-electron chi connectivity index (χ4n) is 2.36. The predicted octanol–water partition coefficient (Wildman–Crippen LogP) is 1.86. The normalized spacial score (nSPS) is 20.2. The van der Waals surface area contributed by atoms with E-state index in [0.29, 0.717) is 6.04 Å². The van der Waals surface area contributed by atoms with E-state index in [9.17, 15) is 0 Å². The fraction of sp³-hybridized carbons (Fsp3) is 1.00. The van der Waals surface area contributed by atoms with E-state index >= 15 is 0 Å². The molecule has 1 atom stereocenters. The molecule has 1 saturated heterocycles. The Bertz CT molecular complexity index is 169. The van der Waals surface area contributed by atoms with E-state index in [-0.39, 0.29) is 0 Å². The molecule has 1 aliphatic rings. The molecule has 1 aliphatic heterocycles. The highest BCUT2D eigenvalue weighted by atomic mass is 16.5. The van der Waals surface area contributed by atoms with Crippen molar-refractivity contribution in [3.05, 3.63) is 0 Å². The quantitative estimate of drug-likeness (QED) is 0.723. The van der Waals surface area contributed by atoms with Crippen LogP contribution in [0.25, 0.3) is 0 Å². The molecule has 96 valence electrons. The van der Waals surface area contributed by atoms with Crippen LogP contribution in [0.3, 0.4) is 0 Å². The molecule has 0 radical (unpaired) electrons. The Morgan fingerprint density at radius 1 is 1.31 bits per heavy atom. The van der Waals surface area contributed by atoms with Gasteiger partial charge in [0.1, 0.15) is 0 Å². The molecule has 3 heteroatoms. The highest BCUT2D eigenvalue weighted by Crippen LogP contribution is 2.15. The van der Waals surface area contributed by atoms with Crippen LogP contribution in [0.5, 0.6) is 0 Å². The molecule has 0 spiro atoms. The van der Waals surface area contributed by atoms with Gasteiger partial charge in [-0.25, -0.2) is 0 Å². The molecule has 0 saturated carbocycles. The van der Waals surface area contributed by atoms with Gasteiger partial charge in [0.25, 0.3) is 0 Å². The molecule has 0 bridgehead atoms. The molecule has 2 N–H and O–H groups in total. The topological polar surface area (TPSA) is 38.5 Å². The summed E-state index contributed by atoms with van der Waals surface area (Å²) in [5, 5.41) is 0. The van der Waals surface area contributed by atoms with E-state index in [1.165, 1.54) is 25.8 Å². The van der Waals surface area contributed by atoms with Crippen molar-refractivity contribution in [2.75, 3.05) is 33.4 Å². The molecule has 1 heterocycles. The summed E-state index contributed by atoms with van der Waals surface area (Å²) in [6.45, 7) is 6.45. The molecule has 1 unspecified atom stereocenters. The van der Waals surface area contributed by atoms with Gasteiger partial charge in [-0.15, -0.1) is 0 Å². The largest absolute Gasteiger partial charge is 0.381 e. The first-order valence-corrected chi connectivity index (χ1v) is 6.74. The van der Waals surface area contributed by atoms with Crippen molar-refractivity contribution in [1.29, 1.82) is 0 Å². The van der Waals surface area contributed by atoms with E-state index in [2.05, 4.69) is 18.9 Å². The van der Waals surface area contributed by atoms with Crippen LogP contribution in [0.4, 0.5) is 0 Å². The smallest absolute Gasteiger partial charge is 0.0469 e. The van der Waals surface area contributed by atoms with Gasteiger partial charge in [-0.05, 0) is 45.2 Å². The maximum Gasteiger partial charge on any atom is 0.0469 e. The van der Waals surface area contributed by atoms with Crippen LogP contribution in [-0.4, -0.2) is 44.3 Å². The van der Waals surface area contributed by atoms with Gasteiger partial charge in [0.2, 0.25) is 0 Å². The van der Waals surface area contributed by atoms with Gasteiger partial charge >= 0.3 is 0 Å². The summed E-state index contributed by atoms with van der Waals surface area (Å²) in [6, 6.07) is 0.391. The van der Waals surface area contributed by atoms with Crippen LogP contribution >= 0.6 is 0 Å². The lowest BCUT2D eigenvalue weighted by atomic mass is 9.99. The van der Waals surface area contributed by atoms with Gasteiger partial charge in [-0.2, -0.15) is 0 Å². The first-order valence-electron chi connectivity index (χ1n) is 6.74. The molecular weight excluding hydrogens is 200 g/mol. The number of nitrogens with zero attached hydrogens (tertiary/aromatic N) is 1. The second kappa shape index (κ2) is 8.04. The van der Waals surface area contributed by atoms with Gasteiger partial charge in [0.05, 0.1) is 0 Å². The molecule has 1 fully saturated rings. The zero-order valence-electron chi connectivity index (χ0n) is 11.0. The fourth-order valence-corrected chi connectivity index (χ4v) is 2.36. The lowest BCUT2D eigenvalue weighted by Crippen LogP contribution is -2.33. The molecule has 3 nitrogen and oxygen atoms in total. The third-order valence-electron chi connectivity index (χ3n) is 3.45. The number of hydrogen-bond acceptors (Lipinski definition) is 3. The second-order valence-corrected chi connectivity index (χ2v) is 5.16. The summed E-state index contributed by atoms with van der Waals surface area (Å²) in [4.78, 5) is 2.44. The number of rotatable bonds is 7. The molecule has 0 aromatic rings. The van der Waals surface area contributed by atoms with Crippen molar-refractivity contribution in [2.45, 2.75) is 45.1 Å². The maximum absolute atomic E-state index is 6.02. The number of ether oxygens (including phenoxy) is 1. The van der Waals surface area contributed by atoms with Gasteiger partial charge in [-0.1, -0.05) is 13.3 Å². The minimum atomic E-state index is 0.391. The van der Waals surface area contributed by atoms with Crippen LogP contribution in [0.2, 0.25) is 0 Å². The van der Waals surface area contributed by atoms with Crippen molar-refractivity contribution in [2.24, 2.45) is 11.7 Å². The lowest BCUT2D eigenvalue weighted by Gasteiger charge is -2.27. The average Bonchev–Trinajstić information content (AvgIpc) is 2.28. The van der Waals surface area contributed by atoms with Crippen molar-refractivity contribution >= 4 is 0 Å². The third-order valence-corrected chi connectivity index (χ3v) is 3.45. The lowest BCUT2D eigenvalue weighted by molar-refractivity contribution is 0.0554. The van der Waals surface area contributed by atoms with Gasteiger partial charge in [0.15, 0.2) is 0 Å². The van der Waals surface area contributed by atoms with Crippen molar-refractivity contribution in [3.8, 4) is 0 Å². The van der Waals surface area contributed by atoms with E-state index in [4.69, 9.17) is 10.5 Å². The summed E-state index contributed by atoms with van der Waals surface area (Å²) in [7, 11) is 2.22. The summed E-state index contributed by atoms with van der Waals surface area (Å²) in [6.07, 6.45) is 5.94. The molecule has 0 amide bonds. The summed E-state index contributed by atoms with van der Waals surface area (Å²) in [5.74, 6) is 0.834. The van der Waals surface area contributed by atoms with E-state index in [1.807, 2.05) is 0 Å². The van der Waals surface area contributed by atoms with Crippen LogP contribution in [0.15, 0.2) is 0 Å². The van der Waals surface area contributed by atoms with Crippen molar-refractivity contribution in [3.63, 3.8) is 0 Å². The average molecular weight is 228 g/mol.